The summed E-state index contributed by atoms with van der Waals surface area (Å²) in [4.78, 5) is 20.1. The van der Waals surface area contributed by atoms with Gasteiger partial charge in [-0.25, -0.2) is 9.97 Å². The number of rotatable bonds is 6. The Bertz CT molecular complexity index is 418. The van der Waals surface area contributed by atoms with Gasteiger partial charge in [0.25, 0.3) is 0 Å². The third-order valence-corrected chi connectivity index (χ3v) is 3.22. The van der Waals surface area contributed by atoms with E-state index in [2.05, 4.69) is 34.2 Å². The van der Waals surface area contributed by atoms with Crippen molar-refractivity contribution in [2.75, 3.05) is 18.9 Å². The molecular formula is C11H17N5O2. The summed E-state index contributed by atoms with van der Waals surface area (Å²) in [6.45, 7) is 2.86. The van der Waals surface area contributed by atoms with Crippen molar-refractivity contribution in [3.8, 4) is 0 Å². The van der Waals surface area contributed by atoms with E-state index in [-0.39, 0.29) is 5.69 Å². The van der Waals surface area contributed by atoms with E-state index < -0.39 is 4.92 Å². The normalized spacial score (nSPS) is 16.6. The summed E-state index contributed by atoms with van der Waals surface area (Å²) in [6, 6.07) is 1.09. The monoisotopic (exact) mass is 251 g/mol. The maximum atomic E-state index is 10.4. The van der Waals surface area contributed by atoms with Crippen LogP contribution in [0.2, 0.25) is 0 Å². The minimum Gasteiger partial charge on any atom is -0.353 e. The summed E-state index contributed by atoms with van der Waals surface area (Å²) in [5.74, 6) is 0.427. The van der Waals surface area contributed by atoms with Crippen molar-refractivity contribution in [2.45, 2.75) is 31.8 Å². The van der Waals surface area contributed by atoms with Gasteiger partial charge in [-0.1, -0.05) is 0 Å². The van der Waals surface area contributed by atoms with Crippen LogP contribution in [0, 0.1) is 10.1 Å². The molecule has 0 aromatic carbocycles. The van der Waals surface area contributed by atoms with E-state index in [1.165, 1.54) is 25.2 Å². The average molecular weight is 251 g/mol. The maximum Gasteiger partial charge on any atom is 0.305 e. The minimum absolute atomic E-state index is 0.0938. The summed E-state index contributed by atoms with van der Waals surface area (Å²) in [5, 5.41) is 13.5. The van der Waals surface area contributed by atoms with Crippen molar-refractivity contribution in [3.63, 3.8) is 0 Å². The molecule has 1 heterocycles. The van der Waals surface area contributed by atoms with Crippen molar-refractivity contribution in [2.24, 2.45) is 0 Å². The van der Waals surface area contributed by atoms with Crippen molar-refractivity contribution in [1.82, 2.24) is 14.9 Å². The van der Waals surface area contributed by atoms with Gasteiger partial charge < -0.3 is 5.32 Å². The van der Waals surface area contributed by atoms with Crippen LogP contribution in [0.1, 0.15) is 19.8 Å². The van der Waals surface area contributed by atoms with Gasteiger partial charge in [0.1, 0.15) is 12.4 Å². The molecule has 18 heavy (non-hydrogen) atoms. The lowest BCUT2D eigenvalue weighted by atomic mass is 10.3. The molecule has 1 fully saturated rings. The molecule has 1 aromatic heterocycles. The molecule has 0 radical (unpaired) electrons. The van der Waals surface area contributed by atoms with Gasteiger partial charge in [-0.3, -0.25) is 15.0 Å². The van der Waals surface area contributed by atoms with Crippen LogP contribution in [0.3, 0.4) is 0 Å². The minimum atomic E-state index is -0.507. The molecule has 7 heteroatoms. The van der Waals surface area contributed by atoms with Crippen LogP contribution < -0.4 is 5.32 Å². The first-order valence-corrected chi connectivity index (χ1v) is 6.00. The van der Waals surface area contributed by atoms with Crippen LogP contribution in [0.5, 0.6) is 0 Å². The first-order valence-electron chi connectivity index (χ1n) is 6.00. The highest BCUT2D eigenvalue weighted by atomic mass is 16.6. The molecular weight excluding hydrogens is 234 g/mol. The summed E-state index contributed by atoms with van der Waals surface area (Å²) >= 11 is 0. The quantitative estimate of drug-likeness (QED) is 0.605. The molecule has 0 aliphatic heterocycles. The highest BCUT2D eigenvalue weighted by molar-refractivity contribution is 5.30. The highest BCUT2D eigenvalue weighted by Gasteiger charge is 2.28. The van der Waals surface area contributed by atoms with Crippen LogP contribution in [0.15, 0.2) is 12.4 Å². The average Bonchev–Trinajstić information content (AvgIpc) is 3.19. The second-order valence-corrected chi connectivity index (χ2v) is 4.65. The number of anilines is 1. The van der Waals surface area contributed by atoms with E-state index in [0.29, 0.717) is 18.0 Å². The molecule has 7 nitrogen and oxygen atoms in total. The maximum absolute atomic E-state index is 10.4. The molecule has 1 aliphatic carbocycles. The first kappa shape index (κ1) is 12.7. The van der Waals surface area contributed by atoms with E-state index in [0.717, 1.165) is 6.54 Å². The Kier molecular flexibility index (Phi) is 3.71. The van der Waals surface area contributed by atoms with Crippen LogP contribution in [0.4, 0.5) is 11.6 Å². The van der Waals surface area contributed by atoms with Crippen molar-refractivity contribution in [1.29, 1.82) is 0 Å². The van der Waals surface area contributed by atoms with E-state index in [1.54, 1.807) is 0 Å². The predicted octanol–water partition coefficient (Wildman–Crippen LogP) is 1.28. The van der Waals surface area contributed by atoms with Gasteiger partial charge in [0.05, 0.1) is 4.92 Å². The van der Waals surface area contributed by atoms with Crippen LogP contribution in [-0.4, -0.2) is 45.5 Å². The molecule has 0 bridgehead atoms. The molecule has 98 valence electrons. The van der Waals surface area contributed by atoms with Gasteiger partial charge in [0.2, 0.25) is 5.95 Å². The predicted molar refractivity (Wildman–Crippen MR) is 67.4 cm³/mol. The SMILES string of the molecule is CC(CNc1ncc([N+](=O)[O-])cn1)N(C)C1CC1. The zero-order valence-corrected chi connectivity index (χ0v) is 10.5. The number of hydrogen-bond donors (Lipinski definition) is 1. The third-order valence-electron chi connectivity index (χ3n) is 3.22. The summed E-state index contributed by atoms with van der Waals surface area (Å²) in [5.41, 5.74) is -0.0938. The topological polar surface area (TPSA) is 84.2 Å². The Labute approximate surface area is 105 Å². The van der Waals surface area contributed by atoms with E-state index >= 15 is 0 Å². The molecule has 0 spiro atoms. The lowest BCUT2D eigenvalue weighted by Crippen LogP contribution is -2.36. The molecule has 1 atom stereocenters. The molecule has 1 aromatic rings. The number of nitrogens with zero attached hydrogens (tertiary/aromatic N) is 4. The molecule has 1 aliphatic rings. The number of aromatic nitrogens is 2. The molecule has 2 rings (SSSR count). The number of nitro groups is 1. The second-order valence-electron chi connectivity index (χ2n) is 4.65. The number of hydrogen-bond acceptors (Lipinski definition) is 6. The largest absolute Gasteiger partial charge is 0.353 e. The smallest absolute Gasteiger partial charge is 0.305 e. The van der Waals surface area contributed by atoms with Crippen molar-refractivity contribution in [3.05, 3.63) is 22.5 Å². The Hall–Kier alpha value is -1.76. The van der Waals surface area contributed by atoms with Gasteiger partial charge >= 0.3 is 5.69 Å². The summed E-state index contributed by atoms with van der Waals surface area (Å²) in [7, 11) is 2.11. The lowest BCUT2D eigenvalue weighted by molar-refractivity contribution is -0.385. The Balaban J connectivity index is 1.83. The van der Waals surface area contributed by atoms with E-state index in [4.69, 9.17) is 0 Å². The lowest BCUT2D eigenvalue weighted by Gasteiger charge is -2.24. The molecule has 0 saturated heterocycles. The zero-order chi connectivity index (χ0) is 13.1. The van der Waals surface area contributed by atoms with Gasteiger partial charge in [-0.2, -0.15) is 0 Å². The van der Waals surface area contributed by atoms with Crippen molar-refractivity contribution < 1.29 is 4.92 Å². The Morgan fingerprint density at radius 1 is 1.56 bits per heavy atom. The third kappa shape index (κ3) is 3.13. The van der Waals surface area contributed by atoms with E-state index in [9.17, 15) is 10.1 Å². The first-order chi connectivity index (χ1) is 8.58. The summed E-state index contributed by atoms with van der Waals surface area (Å²) in [6.07, 6.45) is 4.97. The van der Waals surface area contributed by atoms with Gasteiger partial charge in [0.15, 0.2) is 0 Å². The highest BCUT2D eigenvalue weighted by Crippen LogP contribution is 2.26. The number of likely N-dealkylation sites (N-methyl/N-ethyl adjacent to an activating group) is 1. The van der Waals surface area contributed by atoms with Crippen LogP contribution >= 0.6 is 0 Å². The van der Waals surface area contributed by atoms with E-state index in [1.807, 2.05) is 0 Å². The second kappa shape index (κ2) is 5.26. The number of nitrogens with one attached hydrogen (secondary N) is 1. The molecule has 1 N–H and O–H groups in total. The van der Waals surface area contributed by atoms with Crippen LogP contribution in [-0.2, 0) is 0 Å². The van der Waals surface area contributed by atoms with Crippen LogP contribution in [0.25, 0.3) is 0 Å². The van der Waals surface area contributed by atoms with Gasteiger partial charge in [-0.15, -0.1) is 0 Å². The summed E-state index contributed by atoms with van der Waals surface area (Å²) < 4.78 is 0. The molecule has 1 saturated carbocycles. The van der Waals surface area contributed by atoms with Gasteiger partial charge in [0, 0.05) is 18.6 Å². The Morgan fingerprint density at radius 3 is 2.67 bits per heavy atom. The molecule has 1 unspecified atom stereocenters. The molecule has 0 amide bonds. The van der Waals surface area contributed by atoms with Crippen molar-refractivity contribution >= 4 is 11.6 Å². The zero-order valence-electron chi connectivity index (χ0n) is 10.5. The fraction of sp³-hybridized carbons (Fsp3) is 0.636. The van der Waals surface area contributed by atoms with Gasteiger partial charge in [-0.05, 0) is 26.8 Å². The standard InChI is InChI=1S/C11H17N5O2/c1-8(15(2)9-3-4-9)5-12-11-13-6-10(7-14-11)16(17)18/h6-9H,3-5H2,1-2H3,(H,12,13,14). The Morgan fingerprint density at radius 2 is 2.17 bits per heavy atom. The fourth-order valence-corrected chi connectivity index (χ4v) is 1.73. The fourth-order valence-electron chi connectivity index (χ4n) is 1.73.